The van der Waals surface area contributed by atoms with Crippen molar-refractivity contribution < 1.29 is 17.9 Å². The predicted molar refractivity (Wildman–Crippen MR) is 90.3 cm³/mol. The van der Waals surface area contributed by atoms with Gasteiger partial charge >= 0.3 is 6.18 Å². The monoisotopic (exact) mass is 346 g/mol. The van der Waals surface area contributed by atoms with Crippen LogP contribution in [-0.2, 0) is 10.9 Å². The first-order valence-corrected chi connectivity index (χ1v) is 8.20. The Bertz CT molecular complexity index is 802. The number of hydrogen-bond acceptors (Lipinski definition) is 3. The van der Waals surface area contributed by atoms with Crippen LogP contribution in [0.25, 0.3) is 0 Å². The molecule has 6 heteroatoms. The number of alkyl halides is 3. The maximum atomic E-state index is 13.2. The molecule has 0 N–H and O–H groups in total. The van der Waals surface area contributed by atoms with E-state index in [4.69, 9.17) is 4.74 Å². The van der Waals surface area contributed by atoms with Gasteiger partial charge in [-0.2, -0.15) is 13.2 Å². The van der Waals surface area contributed by atoms with Crippen LogP contribution in [0.3, 0.4) is 0 Å². The molecule has 0 bridgehead atoms. The van der Waals surface area contributed by atoms with Crippen LogP contribution in [0.2, 0.25) is 0 Å². The smallest absolute Gasteiger partial charge is 0.377 e. The molecule has 25 heavy (non-hydrogen) atoms. The van der Waals surface area contributed by atoms with Gasteiger partial charge in [0.05, 0.1) is 37.1 Å². The van der Waals surface area contributed by atoms with E-state index in [1.54, 1.807) is 6.07 Å². The molecule has 0 saturated carbocycles. The predicted octanol–water partition coefficient (Wildman–Crippen LogP) is 3.76. The highest BCUT2D eigenvalue weighted by molar-refractivity contribution is 6.16. The molecule has 0 spiro atoms. The first-order chi connectivity index (χ1) is 12.0. The van der Waals surface area contributed by atoms with Crippen LogP contribution in [-0.4, -0.2) is 38.1 Å². The average Bonchev–Trinajstić information content (AvgIpc) is 2.78. The average molecular weight is 346 g/mol. The lowest BCUT2D eigenvalue weighted by molar-refractivity contribution is -0.137. The van der Waals surface area contributed by atoms with Gasteiger partial charge in [0.25, 0.3) is 0 Å². The van der Waals surface area contributed by atoms with E-state index in [-0.39, 0.29) is 6.04 Å². The van der Waals surface area contributed by atoms with Gasteiger partial charge in [-0.15, -0.1) is 0 Å². The fraction of sp³-hybridized carbons (Fsp3) is 0.316. The molecule has 0 aromatic heterocycles. The second-order valence-corrected chi connectivity index (χ2v) is 6.21. The molecule has 130 valence electrons. The summed E-state index contributed by atoms with van der Waals surface area (Å²) in [6, 6.07) is 13.4. The van der Waals surface area contributed by atoms with Crippen LogP contribution in [0.1, 0.15) is 16.7 Å². The van der Waals surface area contributed by atoms with E-state index in [1.807, 2.05) is 30.3 Å². The largest absolute Gasteiger partial charge is 0.416 e. The van der Waals surface area contributed by atoms with E-state index >= 15 is 0 Å². The highest BCUT2D eigenvalue weighted by atomic mass is 19.4. The van der Waals surface area contributed by atoms with Gasteiger partial charge in [-0.1, -0.05) is 30.3 Å². The molecule has 2 heterocycles. The molecule has 1 unspecified atom stereocenters. The molecular weight excluding hydrogens is 329 g/mol. The Morgan fingerprint density at radius 3 is 2.64 bits per heavy atom. The van der Waals surface area contributed by atoms with E-state index in [0.29, 0.717) is 37.6 Å². The minimum atomic E-state index is -4.38. The van der Waals surface area contributed by atoms with Crippen molar-refractivity contribution in [3.63, 3.8) is 0 Å². The number of nitrogens with zero attached hydrogens (tertiary/aromatic N) is 2. The first kappa shape index (κ1) is 16.1. The van der Waals surface area contributed by atoms with Gasteiger partial charge in [-0.25, -0.2) is 0 Å². The van der Waals surface area contributed by atoms with Crippen molar-refractivity contribution >= 4 is 11.4 Å². The third kappa shape index (κ3) is 3.02. The van der Waals surface area contributed by atoms with Gasteiger partial charge in [0.2, 0.25) is 0 Å². The number of anilines is 1. The number of morpholine rings is 1. The first-order valence-electron chi connectivity index (χ1n) is 8.20. The van der Waals surface area contributed by atoms with Crippen LogP contribution in [0.15, 0.2) is 53.5 Å². The molecule has 2 aromatic carbocycles. The van der Waals surface area contributed by atoms with Crippen LogP contribution in [0.4, 0.5) is 18.9 Å². The second kappa shape index (κ2) is 6.19. The summed E-state index contributed by atoms with van der Waals surface area (Å²) in [6.45, 7) is 2.25. The Labute approximate surface area is 143 Å². The summed E-state index contributed by atoms with van der Waals surface area (Å²) in [7, 11) is 0. The molecule has 1 fully saturated rings. The maximum Gasteiger partial charge on any atom is 0.416 e. The van der Waals surface area contributed by atoms with Crippen molar-refractivity contribution in [3.05, 3.63) is 65.2 Å². The fourth-order valence-electron chi connectivity index (χ4n) is 3.40. The van der Waals surface area contributed by atoms with Crippen molar-refractivity contribution in [2.45, 2.75) is 12.2 Å². The Kier molecular flexibility index (Phi) is 4.00. The van der Waals surface area contributed by atoms with Crippen LogP contribution in [0.5, 0.6) is 0 Å². The number of rotatable bonds is 1. The zero-order valence-corrected chi connectivity index (χ0v) is 13.5. The highest BCUT2D eigenvalue weighted by Gasteiger charge is 2.34. The van der Waals surface area contributed by atoms with Crippen molar-refractivity contribution in [2.24, 2.45) is 4.99 Å². The van der Waals surface area contributed by atoms with Gasteiger partial charge < -0.3 is 9.64 Å². The van der Waals surface area contributed by atoms with Gasteiger partial charge in [0, 0.05) is 23.4 Å². The highest BCUT2D eigenvalue weighted by Crippen LogP contribution is 2.36. The van der Waals surface area contributed by atoms with Crippen LogP contribution < -0.4 is 4.90 Å². The Morgan fingerprint density at radius 2 is 1.88 bits per heavy atom. The molecular formula is C19H17F3N2O. The Balaban J connectivity index is 1.90. The van der Waals surface area contributed by atoms with Crippen molar-refractivity contribution in [3.8, 4) is 0 Å². The fourth-order valence-corrected chi connectivity index (χ4v) is 3.40. The number of hydrogen-bond donors (Lipinski definition) is 0. The van der Waals surface area contributed by atoms with Crippen LogP contribution >= 0.6 is 0 Å². The molecule has 0 amide bonds. The molecule has 2 aromatic rings. The lowest BCUT2D eigenvalue weighted by atomic mass is 9.97. The molecule has 3 nitrogen and oxygen atoms in total. The number of ether oxygens (including phenoxy) is 1. The summed E-state index contributed by atoms with van der Waals surface area (Å²) in [5.74, 6) is 0. The van der Waals surface area contributed by atoms with Gasteiger partial charge in [0.15, 0.2) is 0 Å². The van der Waals surface area contributed by atoms with Gasteiger partial charge in [-0.05, 0) is 18.2 Å². The standard InChI is InChI=1S/C19H17F3N2O/c20-19(21,22)14-6-7-17-16(10-14)18(13-4-2-1-3-5-13)23-11-15-12-25-9-8-24(15)17/h1-7,10,15H,8-9,11-12H2. The number of benzene rings is 2. The molecule has 2 aliphatic heterocycles. The van der Waals surface area contributed by atoms with E-state index in [2.05, 4.69) is 9.89 Å². The van der Waals surface area contributed by atoms with E-state index in [9.17, 15) is 13.2 Å². The third-order valence-corrected chi connectivity index (χ3v) is 4.62. The Morgan fingerprint density at radius 1 is 1.08 bits per heavy atom. The van der Waals surface area contributed by atoms with Crippen LogP contribution in [0, 0.1) is 0 Å². The summed E-state index contributed by atoms with van der Waals surface area (Å²) < 4.78 is 45.3. The number of halogens is 3. The minimum absolute atomic E-state index is 0.0467. The third-order valence-electron chi connectivity index (χ3n) is 4.62. The lowest BCUT2D eigenvalue weighted by Gasteiger charge is -2.36. The van der Waals surface area contributed by atoms with E-state index in [1.165, 1.54) is 6.07 Å². The molecule has 4 rings (SSSR count). The van der Waals surface area contributed by atoms with Crippen molar-refractivity contribution in [1.29, 1.82) is 0 Å². The molecule has 2 aliphatic rings. The van der Waals surface area contributed by atoms with Gasteiger partial charge in [-0.3, -0.25) is 4.99 Å². The Hall–Kier alpha value is -2.34. The molecule has 1 saturated heterocycles. The van der Waals surface area contributed by atoms with E-state index in [0.717, 1.165) is 17.3 Å². The number of aliphatic imine (C=N–C) groups is 1. The van der Waals surface area contributed by atoms with Crippen molar-refractivity contribution in [1.82, 2.24) is 0 Å². The van der Waals surface area contributed by atoms with Crippen molar-refractivity contribution in [2.75, 3.05) is 31.2 Å². The maximum absolute atomic E-state index is 13.2. The second-order valence-electron chi connectivity index (χ2n) is 6.21. The number of fused-ring (bicyclic) bond motifs is 3. The topological polar surface area (TPSA) is 24.8 Å². The summed E-state index contributed by atoms with van der Waals surface area (Å²) in [5.41, 5.74) is 2.10. The van der Waals surface area contributed by atoms with Gasteiger partial charge in [0.1, 0.15) is 0 Å². The van der Waals surface area contributed by atoms with E-state index < -0.39 is 11.7 Å². The quantitative estimate of drug-likeness (QED) is 0.785. The summed E-state index contributed by atoms with van der Waals surface area (Å²) in [4.78, 5) is 6.79. The lowest BCUT2D eigenvalue weighted by Crippen LogP contribution is -2.47. The normalized spacial score (nSPS) is 20.4. The SMILES string of the molecule is FC(F)(F)c1ccc2c(c1)C(c1ccccc1)=NCC1COCCN21. The molecule has 0 aliphatic carbocycles. The molecule has 1 atom stereocenters. The summed E-state index contributed by atoms with van der Waals surface area (Å²) >= 11 is 0. The molecule has 0 radical (unpaired) electrons. The minimum Gasteiger partial charge on any atom is -0.377 e. The zero-order valence-electron chi connectivity index (χ0n) is 13.5. The summed E-state index contributed by atoms with van der Waals surface area (Å²) in [5, 5.41) is 0. The summed E-state index contributed by atoms with van der Waals surface area (Å²) in [6.07, 6.45) is -4.38. The zero-order chi connectivity index (χ0) is 17.4.